The van der Waals surface area contributed by atoms with E-state index in [-0.39, 0.29) is 0 Å². The van der Waals surface area contributed by atoms with Crippen molar-refractivity contribution in [2.75, 3.05) is 7.05 Å². The van der Waals surface area contributed by atoms with Crippen molar-refractivity contribution >= 4 is 6.72 Å². The highest BCUT2D eigenvalue weighted by molar-refractivity contribution is 5.34. The maximum Gasteiger partial charge on any atom is 0.0553 e. The lowest BCUT2D eigenvalue weighted by Crippen LogP contribution is -2.09. The summed E-state index contributed by atoms with van der Waals surface area (Å²) in [6.45, 7) is 10.1. The zero-order valence-corrected chi connectivity index (χ0v) is 11.1. The van der Waals surface area contributed by atoms with E-state index in [1.165, 1.54) is 5.56 Å². The molecule has 0 aliphatic heterocycles. The molecule has 0 saturated heterocycles. The molecule has 0 aliphatic rings. The third-order valence-corrected chi connectivity index (χ3v) is 2.46. The molecule has 2 nitrogen and oxygen atoms in total. The summed E-state index contributed by atoms with van der Waals surface area (Å²) in [7, 11) is 2.05. The minimum Gasteiger partial charge on any atom is -0.376 e. The van der Waals surface area contributed by atoms with Gasteiger partial charge in [-0.25, -0.2) is 0 Å². The molecule has 0 aliphatic carbocycles. The van der Waals surface area contributed by atoms with Crippen LogP contribution in [0.4, 0.5) is 0 Å². The molecule has 0 N–H and O–H groups in total. The molecule has 94 valence electrons. The number of allylic oxidation sites excluding steroid dienone is 3. The summed E-state index contributed by atoms with van der Waals surface area (Å²) in [6.07, 6.45) is 5.99. The first-order valence-corrected chi connectivity index (χ1v) is 5.88. The summed E-state index contributed by atoms with van der Waals surface area (Å²) >= 11 is 0. The van der Waals surface area contributed by atoms with Gasteiger partial charge in [0, 0.05) is 13.6 Å². The quantitative estimate of drug-likeness (QED) is 0.545. The second-order valence-corrected chi connectivity index (χ2v) is 4.25. The average molecular weight is 240 g/mol. The van der Waals surface area contributed by atoms with Crippen molar-refractivity contribution in [2.45, 2.75) is 13.5 Å². The van der Waals surface area contributed by atoms with Crippen LogP contribution >= 0.6 is 0 Å². The Hall–Kier alpha value is -2.09. The van der Waals surface area contributed by atoms with Crippen LogP contribution in [0.25, 0.3) is 0 Å². The highest BCUT2D eigenvalue weighted by Crippen LogP contribution is 2.06. The fraction of sp³-hybridized carbons (Fsp3) is 0.188. The monoisotopic (exact) mass is 240 g/mol. The number of hydrogen-bond acceptors (Lipinski definition) is 2. The Morgan fingerprint density at radius 3 is 2.61 bits per heavy atom. The van der Waals surface area contributed by atoms with Crippen LogP contribution in [0.3, 0.4) is 0 Å². The van der Waals surface area contributed by atoms with Gasteiger partial charge in [0.1, 0.15) is 0 Å². The van der Waals surface area contributed by atoms with Crippen LogP contribution in [0.15, 0.2) is 71.5 Å². The molecule has 1 aromatic carbocycles. The van der Waals surface area contributed by atoms with Crippen LogP contribution in [0.1, 0.15) is 12.5 Å². The van der Waals surface area contributed by atoms with Crippen LogP contribution in [-0.2, 0) is 6.54 Å². The molecular formula is C16H20N2. The van der Waals surface area contributed by atoms with Crippen molar-refractivity contribution in [1.29, 1.82) is 0 Å². The van der Waals surface area contributed by atoms with E-state index in [9.17, 15) is 0 Å². The zero-order valence-electron chi connectivity index (χ0n) is 11.1. The lowest BCUT2D eigenvalue weighted by Gasteiger charge is -2.13. The Morgan fingerprint density at radius 1 is 1.33 bits per heavy atom. The predicted molar refractivity (Wildman–Crippen MR) is 79.5 cm³/mol. The molecule has 0 heterocycles. The molecule has 2 heteroatoms. The number of nitrogens with zero attached hydrogens (tertiary/aromatic N) is 2. The largest absolute Gasteiger partial charge is 0.376 e. The first kappa shape index (κ1) is 14.0. The van der Waals surface area contributed by atoms with Crippen molar-refractivity contribution in [2.24, 2.45) is 4.99 Å². The van der Waals surface area contributed by atoms with Gasteiger partial charge in [0.05, 0.1) is 5.70 Å². The second-order valence-electron chi connectivity index (χ2n) is 4.25. The number of benzene rings is 1. The lowest BCUT2D eigenvalue weighted by atomic mass is 10.2. The van der Waals surface area contributed by atoms with Crippen molar-refractivity contribution in [1.82, 2.24) is 4.90 Å². The van der Waals surface area contributed by atoms with E-state index in [4.69, 9.17) is 0 Å². The van der Waals surface area contributed by atoms with Crippen LogP contribution in [0.5, 0.6) is 0 Å². The topological polar surface area (TPSA) is 15.6 Å². The predicted octanol–water partition coefficient (Wildman–Crippen LogP) is 3.79. The molecule has 0 amide bonds. The molecular weight excluding hydrogens is 220 g/mol. The summed E-state index contributed by atoms with van der Waals surface area (Å²) in [5.74, 6) is 0. The first-order chi connectivity index (χ1) is 8.61. The molecule has 1 aromatic rings. The van der Waals surface area contributed by atoms with Gasteiger partial charge in [-0.15, -0.1) is 0 Å². The van der Waals surface area contributed by atoms with E-state index in [0.717, 1.165) is 12.1 Å². The smallest absolute Gasteiger partial charge is 0.0553 e. The Labute approximate surface area is 110 Å². The molecule has 0 aromatic heterocycles. The van der Waals surface area contributed by atoms with Crippen LogP contribution < -0.4 is 0 Å². The van der Waals surface area contributed by atoms with E-state index < -0.39 is 0 Å². The SMILES string of the molecule is C=NC(=C)/C=C(C)\C=C/N(C)Cc1ccccc1. The van der Waals surface area contributed by atoms with Crippen molar-refractivity contribution in [3.05, 3.63) is 72.1 Å². The van der Waals surface area contributed by atoms with Crippen molar-refractivity contribution in [3.8, 4) is 0 Å². The van der Waals surface area contributed by atoms with Crippen molar-refractivity contribution < 1.29 is 0 Å². The van der Waals surface area contributed by atoms with Gasteiger partial charge < -0.3 is 4.90 Å². The maximum absolute atomic E-state index is 3.75. The second kappa shape index (κ2) is 7.28. The molecule has 0 unspecified atom stereocenters. The average Bonchev–Trinajstić information content (AvgIpc) is 2.37. The Kier molecular flexibility index (Phi) is 5.65. The summed E-state index contributed by atoms with van der Waals surface area (Å²) in [4.78, 5) is 5.89. The number of hydrogen-bond donors (Lipinski definition) is 0. The van der Waals surface area contributed by atoms with Gasteiger partial charge >= 0.3 is 0 Å². The van der Waals surface area contributed by atoms with Crippen molar-refractivity contribution in [3.63, 3.8) is 0 Å². The summed E-state index contributed by atoms with van der Waals surface area (Å²) in [5, 5.41) is 0. The van der Waals surface area contributed by atoms with Gasteiger partial charge in [0.25, 0.3) is 0 Å². The number of rotatable bonds is 6. The minimum absolute atomic E-state index is 0.683. The molecule has 0 spiro atoms. The summed E-state index contributed by atoms with van der Waals surface area (Å²) < 4.78 is 0. The molecule has 0 atom stereocenters. The first-order valence-electron chi connectivity index (χ1n) is 5.88. The van der Waals surface area contributed by atoms with Gasteiger partial charge in [-0.2, -0.15) is 0 Å². The fourth-order valence-electron chi connectivity index (χ4n) is 1.53. The maximum atomic E-state index is 3.75. The summed E-state index contributed by atoms with van der Waals surface area (Å²) in [6, 6.07) is 10.4. The van der Waals surface area contributed by atoms with Gasteiger partial charge in [0.15, 0.2) is 0 Å². The zero-order chi connectivity index (χ0) is 13.4. The highest BCUT2D eigenvalue weighted by atomic mass is 15.1. The third-order valence-electron chi connectivity index (χ3n) is 2.46. The Morgan fingerprint density at radius 2 is 2.00 bits per heavy atom. The van der Waals surface area contributed by atoms with Gasteiger partial charge in [-0.1, -0.05) is 36.9 Å². The standard InChI is InChI=1S/C16H20N2/c1-14(12-15(2)17-3)10-11-18(4)13-16-8-6-5-7-9-16/h5-12H,2-3,13H2,1,4H3/b11-10-,14-12-. The van der Waals surface area contributed by atoms with E-state index in [1.54, 1.807) is 0 Å². The van der Waals surface area contributed by atoms with E-state index in [1.807, 2.05) is 25.1 Å². The van der Waals surface area contributed by atoms with Crippen LogP contribution in [0, 0.1) is 0 Å². The summed E-state index contributed by atoms with van der Waals surface area (Å²) in [5.41, 5.74) is 3.08. The normalized spacial score (nSPS) is 11.6. The van der Waals surface area contributed by atoms with E-state index >= 15 is 0 Å². The fourth-order valence-corrected chi connectivity index (χ4v) is 1.53. The molecule has 0 fully saturated rings. The Balaban J connectivity index is 2.54. The molecule has 0 saturated carbocycles. The van der Waals surface area contributed by atoms with Crippen LogP contribution in [0.2, 0.25) is 0 Å². The van der Waals surface area contributed by atoms with Crippen LogP contribution in [-0.4, -0.2) is 18.7 Å². The molecule has 0 radical (unpaired) electrons. The molecule has 18 heavy (non-hydrogen) atoms. The van der Waals surface area contributed by atoms with Gasteiger partial charge in [-0.05, 0) is 43.1 Å². The lowest BCUT2D eigenvalue weighted by molar-refractivity contribution is 0.450. The highest BCUT2D eigenvalue weighted by Gasteiger charge is 1.94. The molecule has 1 rings (SSSR count). The van der Waals surface area contributed by atoms with Gasteiger partial charge in [-0.3, -0.25) is 4.99 Å². The van der Waals surface area contributed by atoms with Gasteiger partial charge in [0.2, 0.25) is 0 Å². The Bertz CT molecular complexity index is 455. The number of aliphatic imine (C=N–C) groups is 1. The third kappa shape index (κ3) is 5.30. The van der Waals surface area contributed by atoms with E-state index in [0.29, 0.717) is 5.70 Å². The minimum atomic E-state index is 0.683. The molecule has 0 bridgehead atoms. The van der Waals surface area contributed by atoms with E-state index in [2.05, 4.69) is 60.7 Å².